The quantitative estimate of drug-likeness (QED) is 0.777. The minimum absolute atomic E-state index is 0.0445. The van der Waals surface area contributed by atoms with Gasteiger partial charge in [-0.05, 0) is 5.92 Å². The van der Waals surface area contributed by atoms with Crippen LogP contribution in [0.3, 0.4) is 0 Å². The molecule has 0 unspecified atom stereocenters. The third kappa shape index (κ3) is 2.71. The molecule has 0 bridgehead atoms. The lowest BCUT2D eigenvalue weighted by atomic mass is 10.1. The van der Waals surface area contributed by atoms with Crippen molar-refractivity contribution in [2.24, 2.45) is 0 Å². The van der Waals surface area contributed by atoms with Crippen LogP contribution < -0.4 is 14.8 Å². The highest BCUT2D eigenvalue weighted by Gasteiger charge is 2.17. The van der Waals surface area contributed by atoms with Crippen LogP contribution in [0.25, 0.3) is 0 Å². The van der Waals surface area contributed by atoms with Crippen molar-refractivity contribution in [1.29, 1.82) is 0 Å². The Hall–Kier alpha value is -2.68. The molecule has 0 aliphatic heterocycles. The van der Waals surface area contributed by atoms with E-state index in [4.69, 9.17) is 21.0 Å². The van der Waals surface area contributed by atoms with Crippen LogP contribution in [0.15, 0.2) is 12.1 Å². The second kappa shape index (κ2) is 5.59. The third-order valence-electron chi connectivity index (χ3n) is 2.13. The summed E-state index contributed by atoms with van der Waals surface area (Å²) in [5.74, 6) is 0.397. The number of aromatic carboxylic acids is 1. The van der Waals surface area contributed by atoms with E-state index in [9.17, 15) is 9.59 Å². The lowest BCUT2D eigenvalue weighted by Gasteiger charge is -2.12. The average molecular weight is 249 g/mol. The van der Waals surface area contributed by atoms with Crippen molar-refractivity contribution in [3.05, 3.63) is 17.7 Å². The number of nitrogens with one attached hydrogen (secondary N) is 1. The zero-order chi connectivity index (χ0) is 13.7. The van der Waals surface area contributed by atoms with Gasteiger partial charge < -0.3 is 19.9 Å². The van der Waals surface area contributed by atoms with Crippen LogP contribution in [0.2, 0.25) is 0 Å². The molecule has 94 valence electrons. The highest BCUT2D eigenvalue weighted by molar-refractivity contribution is 6.07. The number of carboxylic acids is 1. The van der Waals surface area contributed by atoms with Crippen LogP contribution in [0.5, 0.6) is 11.5 Å². The van der Waals surface area contributed by atoms with E-state index in [2.05, 4.69) is 5.32 Å². The Morgan fingerprint density at radius 2 is 1.83 bits per heavy atom. The van der Waals surface area contributed by atoms with E-state index >= 15 is 0 Å². The molecule has 0 aliphatic rings. The van der Waals surface area contributed by atoms with E-state index < -0.39 is 11.9 Å². The fraction of sp³-hybridized carbons (Fsp3) is 0.167. The summed E-state index contributed by atoms with van der Waals surface area (Å²) in [5.41, 5.74) is -0.0978. The molecule has 0 atom stereocenters. The fourth-order valence-electron chi connectivity index (χ4n) is 1.32. The molecule has 0 aliphatic carbocycles. The molecular weight excluding hydrogens is 238 g/mol. The number of rotatable bonds is 4. The summed E-state index contributed by atoms with van der Waals surface area (Å²) in [6.07, 6.45) is 4.91. The van der Waals surface area contributed by atoms with Gasteiger partial charge >= 0.3 is 5.97 Å². The summed E-state index contributed by atoms with van der Waals surface area (Å²) in [4.78, 5) is 22.2. The van der Waals surface area contributed by atoms with Gasteiger partial charge in [0, 0.05) is 12.1 Å². The van der Waals surface area contributed by atoms with Gasteiger partial charge in [-0.15, -0.1) is 6.42 Å². The van der Waals surface area contributed by atoms with Gasteiger partial charge in [-0.3, -0.25) is 4.79 Å². The second-order valence-electron chi connectivity index (χ2n) is 3.16. The van der Waals surface area contributed by atoms with Crippen LogP contribution in [-0.2, 0) is 4.79 Å². The molecule has 6 heteroatoms. The molecule has 0 saturated heterocycles. The Labute approximate surface area is 104 Å². The first-order valence-electron chi connectivity index (χ1n) is 4.80. The van der Waals surface area contributed by atoms with E-state index in [1.807, 2.05) is 5.92 Å². The minimum atomic E-state index is -1.22. The number of carbonyl (C=O) groups excluding carboxylic acids is 1. The number of amides is 1. The van der Waals surface area contributed by atoms with Crippen molar-refractivity contribution in [1.82, 2.24) is 0 Å². The maximum absolute atomic E-state index is 11.1. The van der Waals surface area contributed by atoms with Crippen LogP contribution in [0.4, 0.5) is 5.69 Å². The predicted molar refractivity (Wildman–Crippen MR) is 64.0 cm³/mol. The zero-order valence-electron chi connectivity index (χ0n) is 9.81. The highest BCUT2D eigenvalue weighted by atomic mass is 16.5. The molecule has 0 radical (unpaired) electrons. The first-order valence-corrected chi connectivity index (χ1v) is 4.80. The maximum atomic E-state index is 11.1. The van der Waals surface area contributed by atoms with Crippen LogP contribution in [0, 0.1) is 12.3 Å². The van der Waals surface area contributed by atoms with E-state index in [0.717, 1.165) is 0 Å². The van der Waals surface area contributed by atoms with E-state index in [0.29, 0.717) is 0 Å². The molecule has 0 spiro atoms. The van der Waals surface area contributed by atoms with Crippen LogP contribution in [0.1, 0.15) is 10.4 Å². The Morgan fingerprint density at radius 3 is 2.28 bits per heavy atom. The van der Waals surface area contributed by atoms with E-state index in [1.54, 1.807) is 0 Å². The number of carboxylic acid groups (broad SMARTS) is 1. The number of ether oxygens (including phenoxy) is 2. The highest BCUT2D eigenvalue weighted by Crippen LogP contribution is 2.33. The van der Waals surface area contributed by atoms with Crippen molar-refractivity contribution in [2.45, 2.75) is 0 Å². The Morgan fingerprint density at radius 1 is 1.28 bits per heavy atom. The van der Waals surface area contributed by atoms with Gasteiger partial charge in [0.1, 0.15) is 0 Å². The summed E-state index contributed by atoms with van der Waals surface area (Å²) in [7, 11) is 2.77. The Balaban J connectivity index is 3.34. The van der Waals surface area contributed by atoms with E-state index in [1.165, 1.54) is 26.4 Å². The summed E-state index contributed by atoms with van der Waals surface area (Å²) in [5, 5.41) is 11.3. The number of carbonyl (C=O) groups is 2. The van der Waals surface area contributed by atoms with Crippen LogP contribution >= 0.6 is 0 Å². The lowest BCUT2D eigenvalue weighted by Crippen LogP contribution is -2.12. The molecule has 6 nitrogen and oxygen atoms in total. The van der Waals surface area contributed by atoms with Crippen molar-refractivity contribution < 1.29 is 24.2 Å². The standard InChI is InChI=1S/C12H11NO5/c1-4-11(14)13-8-6-10(18-3)9(17-2)5-7(8)12(15)16/h1,5-6H,2-3H3,(H,13,14)(H,15,16). The number of hydrogen-bond donors (Lipinski definition) is 2. The molecule has 18 heavy (non-hydrogen) atoms. The van der Waals surface area contributed by atoms with Gasteiger partial charge in [-0.1, -0.05) is 0 Å². The SMILES string of the molecule is C#CC(=O)Nc1cc(OC)c(OC)cc1C(=O)O. The van der Waals surface area contributed by atoms with Crippen molar-refractivity contribution >= 4 is 17.6 Å². The summed E-state index contributed by atoms with van der Waals surface area (Å²) in [6.45, 7) is 0. The molecule has 0 aromatic heterocycles. The van der Waals surface area contributed by atoms with Crippen LogP contribution in [-0.4, -0.2) is 31.2 Å². The summed E-state index contributed by atoms with van der Waals surface area (Å²) < 4.78 is 9.98. The normalized spacial score (nSPS) is 9.17. The molecule has 1 rings (SSSR count). The first kappa shape index (κ1) is 13.4. The number of methoxy groups -OCH3 is 2. The number of terminal acetylenes is 1. The lowest BCUT2D eigenvalue weighted by molar-refractivity contribution is -0.111. The first-order chi connectivity index (χ1) is 8.53. The van der Waals surface area contributed by atoms with Gasteiger partial charge in [-0.2, -0.15) is 0 Å². The molecular formula is C12H11NO5. The van der Waals surface area contributed by atoms with Gasteiger partial charge in [0.2, 0.25) is 0 Å². The van der Waals surface area contributed by atoms with Gasteiger partial charge in [-0.25, -0.2) is 4.79 Å². The molecule has 2 N–H and O–H groups in total. The van der Waals surface area contributed by atoms with E-state index in [-0.39, 0.29) is 22.7 Å². The predicted octanol–water partition coefficient (Wildman–Crippen LogP) is 0.974. The summed E-state index contributed by atoms with van der Waals surface area (Å²) >= 11 is 0. The number of hydrogen-bond acceptors (Lipinski definition) is 4. The third-order valence-corrected chi connectivity index (χ3v) is 2.13. The number of anilines is 1. The minimum Gasteiger partial charge on any atom is -0.493 e. The molecule has 1 amide bonds. The van der Waals surface area contributed by atoms with Crippen molar-refractivity contribution in [3.63, 3.8) is 0 Å². The van der Waals surface area contributed by atoms with Gasteiger partial charge in [0.25, 0.3) is 5.91 Å². The topological polar surface area (TPSA) is 84.9 Å². The maximum Gasteiger partial charge on any atom is 0.337 e. The van der Waals surface area contributed by atoms with Crippen molar-refractivity contribution in [3.8, 4) is 23.8 Å². The van der Waals surface area contributed by atoms with Gasteiger partial charge in [0.15, 0.2) is 11.5 Å². The Bertz CT molecular complexity index is 530. The molecule has 0 fully saturated rings. The van der Waals surface area contributed by atoms with Gasteiger partial charge in [0.05, 0.1) is 25.5 Å². The number of benzene rings is 1. The molecule has 1 aromatic rings. The Kier molecular flexibility index (Phi) is 4.16. The fourth-order valence-corrected chi connectivity index (χ4v) is 1.32. The summed E-state index contributed by atoms with van der Waals surface area (Å²) in [6, 6.07) is 2.57. The van der Waals surface area contributed by atoms with Crippen molar-refractivity contribution in [2.75, 3.05) is 19.5 Å². The monoisotopic (exact) mass is 249 g/mol. The molecule has 0 saturated carbocycles. The average Bonchev–Trinajstić information content (AvgIpc) is 2.37. The smallest absolute Gasteiger partial charge is 0.337 e. The molecule has 1 aromatic carbocycles. The molecule has 0 heterocycles. The second-order valence-corrected chi connectivity index (χ2v) is 3.16. The zero-order valence-corrected chi connectivity index (χ0v) is 9.81. The largest absolute Gasteiger partial charge is 0.493 e.